The van der Waals surface area contributed by atoms with Crippen LogP contribution in [0.2, 0.25) is 10.0 Å². The Kier molecular flexibility index (Phi) is 6.75. The number of hydrogen-bond donors (Lipinski definition) is 2. The molecule has 0 aliphatic rings. The summed E-state index contributed by atoms with van der Waals surface area (Å²) in [6.07, 6.45) is -3.75. The molecule has 2 aromatic rings. The third-order valence-corrected chi connectivity index (χ3v) is 5.14. The van der Waals surface area contributed by atoms with Crippen molar-refractivity contribution in [1.82, 2.24) is 10.3 Å². The summed E-state index contributed by atoms with van der Waals surface area (Å²) in [5.74, 6) is -0.789. The molecule has 0 saturated carbocycles. The quantitative estimate of drug-likeness (QED) is 0.646. The lowest BCUT2D eigenvalue weighted by atomic mass is 10.2. The van der Waals surface area contributed by atoms with Gasteiger partial charge in [0.15, 0.2) is 5.69 Å². The van der Waals surface area contributed by atoms with Crippen LogP contribution in [0, 0.1) is 0 Å². The van der Waals surface area contributed by atoms with E-state index in [4.69, 9.17) is 23.2 Å². The zero-order valence-electron chi connectivity index (χ0n) is 14.0. The predicted octanol–water partition coefficient (Wildman–Crippen LogP) is 3.54. The highest BCUT2D eigenvalue weighted by Crippen LogP contribution is 2.36. The normalized spacial score (nSPS) is 11.9. The maximum atomic E-state index is 13.0. The summed E-state index contributed by atoms with van der Waals surface area (Å²) < 4.78 is 70.8. The molecule has 1 heterocycles. The molecule has 28 heavy (non-hydrogen) atoms. The number of halogens is 5. The molecular formula is C15H12Cl2F3N3O4S. The molecule has 0 aliphatic carbocycles. The van der Waals surface area contributed by atoms with Crippen LogP contribution >= 0.6 is 23.2 Å². The number of ether oxygens (including phenoxy) is 1. The summed E-state index contributed by atoms with van der Waals surface area (Å²) in [5, 5.41) is 1.64. The van der Waals surface area contributed by atoms with E-state index in [-0.39, 0.29) is 23.1 Å². The monoisotopic (exact) mass is 457 g/mol. The standard InChI is InChI=1S/C15H12Cl2F3N3O4S/c1-27-7-22-14(24)13-12(4-8(16)6-21-13)23-28(25,26)9-2-3-11(17)10(5-9)15(18,19)20/h2-6,23H,7H2,1H3,(H,22,24). The van der Waals surface area contributed by atoms with E-state index < -0.39 is 37.6 Å². The summed E-state index contributed by atoms with van der Waals surface area (Å²) in [6.45, 7) is -0.179. The van der Waals surface area contributed by atoms with Gasteiger partial charge in [0, 0.05) is 13.3 Å². The fourth-order valence-electron chi connectivity index (χ4n) is 2.01. The minimum Gasteiger partial charge on any atom is -0.364 e. The topological polar surface area (TPSA) is 97.4 Å². The van der Waals surface area contributed by atoms with E-state index in [9.17, 15) is 26.4 Å². The number of pyridine rings is 1. The zero-order chi connectivity index (χ0) is 21.1. The van der Waals surface area contributed by atoms with E-state index in [1.807, 2.05) is 4.72 Å². The molecule has 2 N–H and O–H groups in total. The number of carbonyl (C=O) groups is 1. The highest BCUT2D eigenvalue weighted by molar-refractivity contribution is 7.92. The molecule has 0 spiro atoms. The number of methoxy groups -OCH3 is 1. The van der Waals surface area contributed by atoms with Gasteiger partial charge in [-0.1, -0.05) is 23.2 Å². The first-order valence-electron chi connectivity index (χ1n) is 7.28. The molecule has 1 aromatic carbocycles. The predicted molar refractivity (Wildman–Crippen MR) is 95.9 cm³/mol. The first-order valence-corrected chi connectivity index (χ1v) is 9.52. The van der Waals surface area contributed by atoms with Gasteiger partial charge in [-0.25, -0.2) is 13.4 Å². The smallest absolute Gasteiger partial charge is 0.364 e. The van der Waals surface area contributed by atoms with E-state index in [0.29, 0.717) is 6.07 Å². The minimum absolute atomic E-state index is 0.00641. The molecule has 1 aromatic heterocycles. The number of hydrogen-bond acceptors (Lipinski definition) is 5. The van der Waals surface area contributed by atoms with E-state index >= 15 is 0 Å². The van der Waals surface area contributed by atoms with Crippen molar-refractivity contribution in [2.75, 3.05) is 18.6 Å². The van der Waals surface area contributed by atoms with Crippen molar-refractivity contribution in [3.8, 4) is 0 Å². The van der Waals surface area contributed by atoms with Crippen molar-refractivity contribution in [3.05, 3.63) is 51.8 Å². The number of carbonyl (C=O) groups excluding carboxylic acids is 1. The first kappa shape index (κ1) is 22.2. The second kappa shape index (κ2) is 8.52. The van der Waals surface area contributed by atoms with Crippen molar-refractivity contribution in [1.29, 1.82) is 0 Å². The fourth-order valence-corrected chi connectivity index (χ4v) is 3.48. The number of aromatic nitrogens is 1. The molecule has 0 fully saturated rings. The molecule has 7 nitrogen and oxygen atoms in total. The largest absolute Gasteiger partial charge is 0.417 e. The van der Waals surface area contributed by atoms with E-state index in [1.54, 1.807) is 0 Å². The average molecular weight is 458 g/mol. The summed E-state index contributed by atoms with van der Waals surface area (Å²) >= 11 is 11.3. The van der Waals surface area contributed by atoms with Crippen LogP contribution in [0.1, 0.15) is 16.1 Å². The molecular weight excluding hydrogens is 446 g/mol. The molecule has 13 heteroatoms. The van der Waals surface area contributed by atoms with Gasteiger partial charge in [-0.15, -0.1) is 0 Å². The van der Waals surface area contributed by atoms with E-state index in [0.717, 1.165) is 24.4 Å². The van der Waals surface area contributed by atoms with E-state index in [1.165, 1.54) is 7.11 Å². The second-order valence-electron chi connectivity index (χ2n) is 5.23. The van der Waals surface area contributed by atoms with Crippen molar-refractivity contribution < 1.29 is 31.1 Å². The summed E-state index contributed by atoms with van der Waals surface area (Å²) in [7, 11) is -3.21. The van der Waals surface area contributed by atoms with Gasteiger partial charge in [-0.3, -0.25) is 9.52 Å². The number of nitrogens with one attached hydrogen (secondary N) is 2. The zero-order valence-corrected chi connectivity index (χ0v) is 16.3. The van der Waals surface area contributed by atoms with Crippen LogP contribution in [-0.4, -0.2) is 33.1 Å². The summed E-state index contributed by atoms with van der Waals surface area (Å²) in [6, 6.07) is 3.17. The van der Waals surface area contributed by atoms with Crippen LogP contribution in [0.3, 0.4) is 0 Å². The third kappa shape index (κ3) is 5.25. The highest BCUT2D eigenvalue weighted by Gasteiger charge is 2.34. The molecule has 1 amide bonds. The Labute approximate surface area is 167 Å². The van der Waals surface area contributed by atoms with Crippen molar-refractivity contribution >= 4 is 44.8 Å². The van der Waals surface area contributed by atoms with E-state index in [2.05, 4.69) is 15.0 Å². The van der Waals surface area contributed by atoms with Crippen molar-refractivity contribution in [2.45, 2.75) is 11.1 Å². The van der Waals surface area contributed by atoms with Gasteiger partial charge in [0.05, 0.1) is 26.2 Å². The Morgan fingerprint density at radius 3 is 2.54 bits per heavy atom. The van der Waals surface area contributed by atoms with Crippen molar-refractivity contribution in [2.24, 2.45) is 0 Å². The molecule has 0 saturated heterocycles. The average Bonchev–Trinajstić information content (AvgIpc) is 2.58. The Bertz CT molecular complexity index is 1000. The first-order chi connectivity index (χ1) is 13.0. The third-order valence-electron chi connectivity index (χ3n) is 3.24. The van der Waals surface area contributed by atoms with Gasteiger partial charge < -0.3 is 10.1 Å². The van der Waals surface area contributed by atoms with Crippen LogP contribution in [-0.2, 0) is 20.9 Å². The number of alkyl halides is 3. The van der Waals surface area contributed by atoms with Crippen LogP contribution in [0.15, 0.2) is 35.4 Å². The number of rotatable bonds is 6. The van der Waals surface area contributed by atoms with Crippen LogP contribution in [0.4, 0.5) is 18.9 Å². The number of amides is 1. The van der Waals surface area contributed by atoms with Gasteiger partial charge in [0.1, 0.15) is 6.73 Å². The second-order valence-corrected chi connectivity index (χ2v) is 7.76. The molecule has 0 aliphatic heterocycles. The molecule has 0 radical (unpaired) electrons. The van der Waals surface area contributed by atoms with Gasteiger partial charge in [-0.2, -0.15) is 13.2 Å². The van der Waals surface area contributed by atoms with Crippen LogP contribution in [0.5, 0.6) is 0 Å². The lowest BCUT2D eigenvalue weighted by Gasteiger charge is -2.14. The van der Waals surface area contributed by atoms with Crippen molar-refractivity contribution in [3.63, 3.8) is 0 Å². The molecule has 0 atom stereocenters. The van der Waals surface area contributed by atoms with Crippen LogP contribution in [0.25, 0.3) is 0 Å². The molecule has 0 unspecified atom stereocenters. The SMILES string of the molecule is COCNC(=O)c1ncc(Cl)cc1NS(=O)(=O)c1ccc(Cl)c(C(F)(F)F)c1. The Morgan fingerprint density at radius 2 is 1.93 bits per heavy atom. The Hall–Kier alpha value is -2.08. The molecule has 152 valence electrons. The van der Waals surface area contributed by atoms with Gasteiger partial charge in [0.25, 0.3) is 15.9 Å². The van der Waals surface area contributed by atoms with Gasteiger partial charge in [-0.05, 0) is 24.3 Å². The maximum absolute atomic E-state index is 13.0. The maximum Gasteiger partial charge on any atom is 0.417 e. The van der Waals surface area contributed by atoms with Gasteiger partial charge in [0.2, 0.25) is 0 Å². The number of sulfonamides is 1. The molecule has 2 rings (SSSR count). The summed E-state index contributed by atoms with van der Waals surface area (Å²) in [4.78, 5) is 15.1. The summed E-state index contributed by atoms with van der Waals surface area (Å²) in [5.41, 5.74) is -2.00. The molecule has 0 bridgehead atoms. The highest BCUT2D eigenvalue weighted by atomic mass is 35.5. The fraction of sp³-hybridized carbons (Fsp3) is 0.200. The number of anilines is 1. The number of benzene rings is 1. The van der Waals surface area contributed by atoms with Crippen LogP contribution < -0.4 is 10.0 Å². The lowest BCUT2D eigenvalue weighted by Crippen LogP contribution is -2.28. The van der Waals surface area contributed by atoms with Gasteiger partial charge >= 0.3 is 6.18 Å². The minimum atomic E-state index is -4.86. The Morgan fingerprint density at radius 1 is 1.25 bits per heavy atom. The Balaban J connectivity index is 2.45. The number of nitrogens with zero attached hydrogens (tertiary/aromatic N) is 1. The lowest BCUT2D eigenvalue weighted by molar-refractivity contribution is -0.137.